The van der Waals surface area contributed by atoms with Gasteiger partial charge in [0.05, 0.1) is 5.92 Å². The van der Waals surface area contributed by atoms with Crippen LogP contribution in [0.25, 0.3) is 0 Å². The maximum Gasteiger partial charge on any atom is 0.230 e. The van der Waals surface area contributed by atoms with Gasteiger partial charge in [-0.05, 0) is 55.2 Å². The second kappa shape index (κ2) is 9.55. The first-order chi connectivity index (χ1) is 15.4. The third-order valence-electron chi connectivity index (χ3n) is 6.52. The summed E-state index contributed by atoms with van der Waals surface area (Å²) in [6.45, 7) is 4.37. The first-order valence-electron chi connectivity index (χ1n) is 11.5. The van der Waals surface area contributed by atoms with Crippen LogP contribution in [-0.2, 0) is 20.8 Å². The van der Waals surface area contributed by atoms with Crippen LogP contribution in [0.3, 0.4) is 0 Å². The fraction of sp³-hybridized carbons (Fsp3) is 0.423. The molecule has 32 heavy (non-hydrogen) atoms. The van der Waals surface area contributed by atoms with Gasteiger partial charge in [-0.3, -0.25) is 14.4 Å². The van der Waals surface area contributed by atoms with E-state index in [0.29, 0.717) is 17.9 Å². The normalized spacial score (nSPS) is 20.0. The van der Waals surface area contributed by atoms with E-state index in [4.69, 9.17) is 0 Å². The molecular formula is C26H31N3O3. The molecule has 2 N–H and O–H groups in total. The molecule has 1 heterocycles. The molecule has 1 aliphatic heterocycles. The first-order valence-corrected chi connectivity index (χ1v) is 11.5. The van der Waals surface area contributed by atoms with E-state index in [2.05, 4.69) is 16.7 Å². The van der Waals surface area contributed by atoms with Crippen LogP contribution in [0, 0.1) is 17.8 Å². The molecule has 6 nitrogen and oxygen atoms in total. The van der Waals surface area contributed by atoms with Crippen LogP contribution >= 0.6 is 0 Å². The topological polar surface area (TPSA) is 78.5 Å². The molecule has 3 amide bonds. The highest BCUT2D eigenvalue weighted by Crippen LogP contribution is 2.36. The van der Waals surface area contributed by atoms with Crippen molar-refractivity contribution in [2.45, 2.75) is 46.0 Å². The van der Waals surface area contributed by atoms with Crippen molar-refractivity contribution in [2.75, 3.05) is 22.1 Å². The standard InChI is InChI=1S/C26H31N3O3/c1-17(2)24(30)27-19-11-13-20(14-12-19)28-25(31)21-8-4-5-9-22(21)26(32)29-16-15-18-7-3-6-10-23(18)29/h3,6-7,10-14,17,21-22H,4-5,8-9,15-16H2,1-2H3,(H,27,30)(H,28,31). The number of rotatable bonds is 5. The second-order valence-corrected chi connectivity index (χ2v) is 9.08. The second-order valence-electron chi connectivity index (χ2n) is 9.08. The molecule has 2 atom stereocenters. The molecule has 0 saturated heterocycles. The number of para-hydroxylation sites is 1. The average Bonchev–Trinajstić information content (AvgIpc) is 3.24. The van der Waals surface area contributed by atoms with E-state index in [1.807, 2.05) is 36.9 Å². The number of benzene rings is 2. The number of fused-ring (bicyclic) bond motifs is 1. The van der Waals surface area contributed by atoms with Crippen molar-refractivity contribution in [1.29, 1.82) is 0 Å². The van der Waals surface area contributed by atoms with Gasteiger partial charge in [0, 0.05) is 35.4 Å². The summed E-state index contributed by atoms with van der Waals surface area (Å²) in [7, 11) is 0. The molecule has 0 aromatic heterocycles. The number of amides is 3. The summed E-state index contributed by atoms with van der Waals surface area (Å²) >= 11 is 0. The maximum absolute atomic E-state index is 13.4. The maximum atomic E-state index is 13.4. The zero-order valence-corrected chi connectivity index (χ0v) is 18.8. The molecule has 6 heteroatoms. The van der Waals surface area contributed by atoms with Crippen molar-refractivity contribution in [3.05, 3.63) is 54.1 Å². The van der Waals surface area contributed by atoms with Gasteiger partial charge >= 0.3 is 0 Å². The molecule has 2 aromatic rings. The quantitative estimate of drug-likeness (QED) is 0.722. The van der Waals surface area contributed by atoms with Gasteiger partial charge in [0.15, 0.2) is 0 Å². The van der Waals surface area contributed by atoms with Crippen molar-refractivity contribution in [3.8, 4) is 0 Å². The monoisotopic (exact) mass is 433 g/mol. The first kappa shape index (κ1) is 22.1. The van der Waals surface area contributed by atoms with E-state index >= 15 is 0 Å². The Morgan fingerprint density at radius 3 is 2.19 bits per heavy atom. The van der Waals surface area contributed by atoms with E-state index in [-0.39, 0.29) is 35.5 Å². The van der Waals surface area contributed by atoms with Crippen molar-refractivity contribution in [2.24, 2.45) is 17.8 Å². The van der Waals surface area contributed by atoms with E-state index < -0.39 is 0 Å². The Labute approximate surface area is 189 Å². The van der Waals surface area contributed by atoms with Crippen LogP contribution in [0.2, 0.25) is 0 Å². The number of nitrogens with one attached hydrogen (secondary N) is 2. The highest BCUT2D eigenvalue weighted by Gasteiger charge is 2.39. The van der Waals surface area contributed by atoms with Gasteiger partial charge < -0.3 is 15.5 Å². The Hall–Kier alpha value is -3.15. The number of nitrogens with zero attached hydrogens (tertiary/aromatic N) is 1. The van der Waals surface area contributed by atoms with E-state index in [1.54, 1.807) is 24.3 Å². The van der Waals surface area contributed by atoms with Gasteiger partial charge in [0.2, 0.25) is 17.7 Å². The van der Waals surface area contributed by atoms with Gasteiger partial charge in [-0.15, -0.1) is 0 Å². The molecule has 1 fully saturated rings. The summed E-state index contributed by atoms with van der Waals surface area (Å²) in [5.41, 5.74) is 3.55. The molecule has 4 rings (SSSR count). The Morgan fingerprint density at radius 2 is 1.50 bits per heavy atom. The summed E-state index contributed by atoms with van der Waals surface area (Å²) in [5.74, 6) is -0.800. The molecule has 168 valence electrons. The summed E-state index contributed by atoms with van der Waals surface area (Å²) in [5, 5.41) is 5.83. The van der Waals surface area contributed by atoms with E-state index in [1.165, 1.54) is 5.56 Å². The Balaban J connectivity index is 1.43. The predicted molar refractivity (Wildman–Crippen MR) is 126 cm³/mol. The van der Waals surface area contributed by atoms with Gasteiger partial charge in [0.1, 0.15) is 0 Å². The molecule has 0 bridgehead atoms. The third-order valence-corrected chi connectivity index (χ3v) is 6.52. The number of hydrogen-bond acceptors (Lipinski definition) is 3. The van der Waals surface area contributed by atoms with Crippen LogP contribution in [0.15, 0.2) is 48.5 Å². The van der Waals surface area contributed by atoms with Crippen molar-refractivity contribution in [3.63, 3.8) is 0 Å². The minimum atomic E-state index is -0.329. The fourth-order valence-corrected chi connectivity index (χ4v) is 4.67. The van der Waals surface area contributed by atoms with Gasteiger partial charge in [-0.2, -0.15) is 0 Å². The molecule has 1 aliphatic carbocycles. The van der Waals surface area contributed by atoms with Gasteiger partial charge in [-0.1, -0.05) is 44.9 Å². The minimum absolute atomic E-state index is 0.0474. The highest BCUT2D eigenvalue weighted by molar-refractivity contribution is 6.02. The van der Waals surface area contributed by atoms with Gasteiger partial charge in [-0.25, -0.2) is 0 Å². The lowest BCUT2D eigenvalue weighted by molar-refractivity contribution is -0.132. The fourth-order valence-electron chi connectivity index (χ4n) is 4.67. The van der Waals surface area contributed by atoms with Crippen molar-refractivity contribution in [1.82, 2.24) is 0 Å². The summed E-state index contributed by atoms with van der Waals surface area (Å²) < 4.78 is 0. The number of carbonyl (C=O) groups is 3. The van der Waals surface area contributed by atoms with Gasteiger partial charge in [0.25, 0.3) is 0 Å². The Bertz CT molecular complexity index is 1000. The lowest BCUT2D eigenvalue weighted by atomic mass is 9.77. The summed E-state index contributed by atoms with van der Waals surface area (Å²) in [6.07, 6.45) is 4.26. The number of carbonyl (C=O) groups excluding carboxylic acids is 3. The Kier molecular flexibility index (Phi) is 6.58. The van der Waals surface area contributed by atoms with E-state index in [0.717, 1.165) is 37.8 Å². The van der Waals surface area contributed by atoms with Crippen molar-refractivity contribution < 1.29 is 14.4 Å². The van der Waals surface area contributed by atoms with Crippen LogP contribution in [0.1, 0.15) is 45.1 Å². The lowest BCUT2D eigenvalue weighted by Gasteiger charge is -2.32. The SMILES string of the molecule is CC(C)C(=O)Nc1ccc(NC(=O)C2CCCCC2C(=O)N2CCc3ccccc32)cc1. The zero-order chi connectivity index (χ0) is 22.7. The predicted octanol–water partition coefficient (Wildman–Crippen LogP) is 4.62. The summed E-state index contributed by atoms with van der Waals surface area (Å²) in [4.78, 5) is 40.3. The molecule has 2 aromatic carbocycles. The zero-order valence-electron chi connectivity index (χ0n) is 18.8. The van der Waals surface area contributed by atoms with Crippen LogP contribution in [-0.4, -0.2) is 24.3 Å². The third kappa shape index (κ3) is 4.69. The molecular weight excluding hydrogens is 402 g/mol. The Morgan fingerprint density at radius 1 is 0.875 bits per heavy atom. The largest absolute Gasteiger partial charge is 0.326 e. The lowest BCUT2D eigenvalue weighted by Crippen LogP contribution is -2.43. The van der Waals surface area contributed by atoms with E-state index in [9.17, 15) is 14.4 Å². The molecule has 2 aliphatic rings. The van der Waals surface area contributed by atoms with Crippen LogP contribution in [0.5, 0.6) is 0 Å². The minimum Gasteiger partial charge on any atom is -0.326 e. The molecule has 0 spiro atoms. The number of anilines is 3. The number of hydrogen-bond donors (Lipinski definition) is 2. The van der Waals surface area contributed by atoms with Crippen LogP contribution < -0.4 is 15.5 Å². The smallest absolute Gasteiger partial charge is 0.230 e. The summed E-state index contributed by atoms with van der Waals surface area (Å²) in [6, 6.07) is 15.2. The van der Waals surface area contributed by atoms with Crippen LogP contribution in [0.4, 0.5) is 17.1 Å². The molecule has 0 radical (unpaired) electrons. The molecule has 1 saturated carbocycles. The average molecular weight is 434 g/mol. The van der Waals surface area contributed by atoms with Crippen molar-refractivity contribution >= 4 is 34.8 Å². The molecule has 2 unspecified atom stereocenters. The highest BCUT2D eigenvalue weighted by atomic mass is 16.2.